The highest BCUT2D eigenvalue weighted by molar-refractivity contribution is 5.76. The minimum absolute atomic E-state index is 0.0434. The molecule has 6 nitrogen and oxygen atoms in total. The largest absolute Gasteiger partial charge is 0.416 e. The molecule has 0 N–H and O–H groups in total. The number of hydrogen-bond donors (Lipinski definition) is 0. The molecule has 3 heterocycles. The van der Waals surface area contributed by atoms with Crippen molar-refractivity contribution in [3.05, 3.63) is 83.4 Å². The summed E-state index contributed by atoms with van der Waals surface area (Å²) < 4.78 is 46.1. The van der Waals surface area contributed by atoms with Gasteiger partial charge in [0, 0.05) is 25.1 Å². The molecule has 1 atom stereocenters. The van der Waals surface area contributed by atoms with E-state index < -0.39 is 11.7 Å². The molecule has 162 valence electrons. The van der Waals surface area contributed by atoms with Crippen molar-refractivity contribution >= 4 is 5.91 Å². The molecule has 4 rings (SSSR count). The van der Waals surface area contributed by atoms with Crippen LogP contribution < -0.4 is 0 Å². The lowest BCUT2D eigenvalue weighted by molar-refractivity contribution is -0.140. The van der Waals surface area contributed by atoms with Crippen LogP contribution in [0.2, 0.25) is 0 Å². The summed E-state index contributed by atoms with van der Waals surface area (Å²) in [6.45, 7) is 1.47. The number of carbonyl (C=O) groups is 1. The van der Waals surface area contributed by atoms with Gasteiger partial charge >= 0.3 is 6.18 Å². The third-order valence-corrected chi connectivity index (χ3v) is 5.12. The molecule has 3 aromatic rings. The van der Waals surface area contributed by atoms with Crippen molar-refractivity contribution in [3.63, 3.8) is 0 Å². The maximum atomic E-state index is 12.9. The van der Waals surface area contributed by atoms with E-state index in [0.717, 1.165) is 17.7 Å². The molecule has 0 bridgehead atoms. The van der Waals surface area contributed by atoms with E-state index in [1.54, 1.807) is 46.4 Å². The lowest BCUT2D eigenvalue weighted by Crippen LogP contribution is -2.43. The van der Waals surface area contributed by atoms with Crippen LogP contribution in [-0.2, 0) is 28.7 Å². The minimum atomic E-state index is -4.36. The van der Waals surface area contributed by atoms with Crippen molar-refractivity contribution in [2.45, 2.75) is 25.2 Å². The molecule has 1 fully saturated rings. The first-order valence-electron chi connectivity index (χ1n) is 9.86. The molecule has 31 heavy (non-hydrogen) atoms. The number of pyridine rings is 1. The van der Waals surface area contributed by atoms with E-state index in [2.05, 4.69) is 10.1 Å². The van der Waals surface area contributed by atoms with Crippen LogP contribution in [0.25, 0.3) is 0 Å². The van der Waals surface area contributed by atoms with Crippen LogP contribution in [0.15, 0.2) is 61.1 Å². The highest BCUT2D eigenvalue weighted by Gasteiger charge is 2.30. The summed E-state index contributed by atoms with van der Waals surface area (Å²) in [4.78, 5) is 18.7. The number of halogens is 3. The Labute approximate surface area is 177 Å². The maximum absolute atomic E-state index is 12.9. The standard InChI is InChI=1S/C22H21F3N4O2/c23-22(24,25)18-4-1-3-16(12-18)11-17-5-6-19(26-13-17)20-14-28(9-10-31-20)21(30)15-29-8-2-7-27-29/h1-8,12-13,20H,9-11,14-15H2. The third-order valence-electron chi connectivity index (χ3n) is 5.12. The first-order chi connectivity index (χ1) is 14.9. The Morgan fingerprint density at radius 3 is 2.74 bits per heavy atom. The van der Waals surface area contributed by atoms with Gasteiger partial charge in [0.25, 0.3) is 0 Å². The molecule has 1 aliphatic rings. The van der Waals surface area contributed by atoms with E-state index in [4.69, 9.17) is 4.74 Å². The Bertz CT molecular complexity index is 1020. The van der Waals surface area contributed by atoms with Crippen molar-refractivity contribution in [1.82, 2.24) is 19.7 Å². The maximum Gasteiger partial charge on any atom is 0.416 e. The van der Waals surface area contributed by atoms with Gasteiger partial charge in [0.1, 0.15) is 12.6 Å². The van der Waals surface area contributed by atoms with Crippen LogP contribution in [0.4, 0.5) is 13.2 Å². The second-order valence-corrected chi connectivity index (χ2v) is 7.37. The molecule has 1 aliphatic heterocycles. The molecular weight excluding hydrogens is 409 g/mol. The van der Waals surface area contributed by atoms with Crippen LogP contribution >= 0.6 is 0 Å². The Hall–Kier alpha value is -3.20. The summed E-state index contributed by atoms with van der Waals surface area (Å²) in [5, 5.41) is 4.05. The zero-order valence-corrected chi connectivity index (χ0v) is 16.6. The van der Waals surface area contributed by atoms with E-state index in [1.165, 1.54) is 6.07 Å². The Kier molecular flexibility index (Phi) is 6.03. The van der Waals surface area contributed by atoms with Crippen LogP contribution in [-0.4, -0.2) is 45.3 Å². The molecule has 1 amide bonds. The van der Waals surface area contributed by atoms with Gasteiger partial charge in [-0.3, -0.25) is 14.5 Å². The predicted octanol–water partition coefficient (Wildman–Crippen LogP) is 3.49. The minimum Gasteiger partial charge on any atom is -0.368 e. The highest BCUT2D eigenvalue weighted by Crippen LogP contribution is 2.30. The fourth-order valence-corrected chi connectivity index (χ4v) is 3.51. The smallest absolute Gasteiger partial charge is 0.368 e. The fraction of sp³-hybridized carbons (Fsp3) is 0.318. The molecule has 2 aromatic heterocycles. The van der Waals surface area contributed by atoms with Gasteiger partial charge in [0.2, 0.25) is 5.91 Å². The zero-order chi connectivity index (χ0) is 21.8. The monoisotopic (exact) mass is 430 g/mol. The van der Waals surface area contributed by atoms with Gasteiger partial charge in [-0.05, 0) is 35.7 Å². The Balaban J connectivity index is 1.39. The molecule has 0 spiro atoms. The van der Waals surface area contributed by atoms with Crippen LogP contribution in [0.5, 0.6) is 0 Å². The SMILES string of the molecule is O=C(Cn1cccn1)N1CCOC(c2ccc(Cc3cccc(C(F)(F)F)c3)cn2)C1. The molecule has 1 saturated heterocycles. The third kappa shape index (κ3) is 5.29. The second-order valence-electron chi connectivity index (χ2n) is 7.37. The van der Waals surface area contributed by atoms with Crippen LogP contribution in [0, 0.1) is 0 Å². The number of benzene rings is 1. The van der Waals surface area contributed by atoms with Gasteiger partial charge in [-0.15, -0.1) is 0 Å². The molecule has 1 aromatic carbocycles. The van der Waals surface area contributed by atoms with Crippen LogP contribution in [0.1, 0.15) is 28.5 Å². The summed E-state index contributed by atoms with van der Waals surface area (Å²) in [5.41, 5.74) is 1.38. The van der Waals surface area contributed by atoms with Gasteiger partial charge in [-0.2, -0.15) is 18.3 Å². The highest BCUT2D eigenvalue weighted by atomic mass is 19.4. The number of hydrogen-bond acceptors (Lipinski definition) is 4. The number of amides is 1. The Morgan fingerprint density at radius 2 is 2.03 bits per heavy atom. The van der Waals surface area contributed by atoms with E-state index in [-0.39, 0.29) is 18.6 Å². The van der Waals surface area contributed by atoms with E-state index in [0.29, 0.717) is 37.4 Å². The molecule has 9 heteroatoms. The van der Waals surface area contributed by atoms with Crippen molar-refractivity contribution in [2.75, 3.05) is 19.7 Å². The fourth-order valence-electron chi connectivity index (χ4n) is 3.51. The number of morpholine rings is 1. The van der Waals surface area contributed by atoms with Gasteiger partial charge in [0.05, 0.1) is 24.4 Å². The Morgan fingerprint density at radius 1 is 1.16 bits per heavy atom. The summed E-state index contributed by atoms with van der Waals surface area (Å²) >= 11 is 0. The molecule has 1 unspecified atom stereocenters. The van der Waals surface area contributed by atoms with Crippen molar-refractivity contribution in [2.24, 2.45) is 0 Å². The quantitative estimate of drug-likeness (QED) is 0.622. The molecule has 0 aliphatic carbocycles. The average molecular weight is 430 g/mol. The van der Waals surface area contributed by atoms with Gasteiger partial charge in [-0.1, -0.05) is 24.3 Å². The first kappa shape index (κ1) is 21.0. The normalized spacial score (nSPS) is 17.0. The van der Waals surface area contributed by atoms with Crippen LogP contribution in [0.3, 0.4) is 0 Å². The van der Waals surface area contributed by atoms with Gasteiger partial charge < -0.3 is 9.64 Å². The number of ether oxygens (including phenoxy) is 1. The summed E-state index contributed by atoms with van der Waals surface area (Å²) in [6, 6.07) is 10.7. The second kappa shape index (κ2) is 8.89. The average Bonchev–Trinajstić information content (AvgIpc) is 3.27. The number of nitrogens with zero attached hydrogens (tertiary/aromatic N) is 4. The molecular formula is C22H21F3N4O2. The topological polar surface area (TPSA) is 60.2 Å². The van der Waals surface area contributed by atoms with Crippen molar-refractivity contribution in [3.8, 4) is 0 Å². The van der Waals surface area contributed by atoms with Gasteiger partial charge in [0.15, 0.2) is 0 Å². The van der Waals surface area contributed by atoms with E-state index >= 15 is 0 Å². The number of alkyl halides is 3. The predicted molar refractivity (Wildman–Crippen MR) is 106 cm³/mol. The van der Waals surface area contributed by atoms with E-state index in [1.807, 2.05) is 6.07 Å². The summed E-state index contributed by atoms with van der Waals surface area (Å²) in [6.07, 6.45) is 0.636. The zero-order valence-electron chi connectivity index (χ0n) is 16.6. The first-order valence-corrected chi connectivity index (χ1v) is 9.86. The lowest BCUT2D eigenvalue weighted by atomic mass is 10.0. The van der Waals surface area contributed by atoms with E-state index in [9.17, 15) is 18.0 Å². The van der Waals surface area contributed by atoms with Crippen molar-refractivity contribution < 1.29 is 22.7 Å². The molecule has 0 saturated carbocycles. The number of rotatable bonds is 5. The molecule has 0 radical (unpaired) electrons. The van der Waals surface area contributed by atoms with Gasteiger partial charge in [-0.25, -0.2) is 0 Å². The van der Waals surface area contributed by atoms with Crippen molar-refractivity contribution in [1.29, 1.82) is 0 Å². The summed E-state index contributed by atoms with van der Waals surface area (Å²) in [7, 11) is 0. The number of aromatic nitrogens is 3. The lowest BCUT2D eigenvalue weighted by Gasteiger charge is -2.32. The number of carbonyl (C=O) groups excluding carboxylic acids is 1. The summed E-state index contributed by atoms with van der Waals surface area (Å²) in [5.74, 6) is -0.0434.